The average molecular weight is 320 g/mol. The molecule has 1 aromatic carbocycles. The summed E-state index contributed by atoms with van der Waals surface area (Å²) in [6.45, 7) is 5.61. The molecule has 0 aromatic heterocycles. The maximum atomic E-state index is 6.40. The molecule has 4 heteroatoms. The van der Waals surface area contributed by atoms with Gasteiger partial charge in [0.1, 0.15) is 0 Å². The fourth-order valence-electron chi connectivity index (χ4n) is 1.77. The smallest absolute Gasteiger partial charge is 0.162 e. The first kappa shape index (κ1) is 13.0. The summed E-state index contributed by atoms with van der Waals surface area (Å²) in [6, 6.07) is 3.94. The van der Waals surface area contributed by atoms with Crippen LogP contribution in [0.25, 0.3) is 0 Å². The molecule has 0 spiro atoms. The van der Waals surface area contributed by atoms with Crippen LogP contribution in [0.3, 0.4) is 0 Å². The van der Waals surface area contributed by atoms with Crippen LogP contribution in [0.2, 0.25) is 0 Å². The number of alkyl halides is 1. The highest BCUT2D eigenvalue weighted by molar-refractivity contribution is 9.10. The highest BCUT2D eigenvalue weighted by atomic mass is 79.9. The van der Waals surface area contributed by atoms with Crippen molar-refractivity contribution in [2.75, 3.05) is 13.2 Å². The lowest BCUT2D eigenvalue weighted by Crippen LogP contribution is -2.02. The van der Waals surface area contributed by atoms with Gasteiger partial charge in [-0.25, -0.2) is 0 Å². The molecule has 1 atom stereocenters. The maximum Gasteiger partial charge on any atom is 0.162 e. The van der Waals surface area contributed by atoms with Gasteiger partial charge in [0.25, 0.3) is 0 Å². The van der Waals surface area contributed by atoms with E-state index in [4.69, 9.17) is 21.1 Å². The molecule has 0 fully saturated rings. The van der Waals surface area contributed by atoms with Gasteiger partial charge in [-0.15, -0.1) is 11.6 Å². The van der Waals surface area contributed by atoms with Crippen molar-refractivity contribution in [3.8, 4) is 11.5 Å². The third-order valence-electron chi connectivity index (χ3n) is 2.75. The van der Waals surface area contributed by atoms with E-state index in [2.05, 4.69) is 29.8 Å². The second kappa shape index (κ2) is 5.49. The van der Waals surface area contributed by atoms with Crippen molar-refractivity contribution >= 4 is 27.5 Å². The van der Waals surface area contributed by atoms with E-state index in [1.54, 1.807) is 0 Å². The molecule has 17 heavy (non-hydrogen) atoms. The molecule has 1 aliphatic rings. The number of hydrogen-bond donors (Lipinski definition) is 0. The van der Waals surface area contributed by atoms with Crippen LogP contribution >= 0.6 is 27.5 Å². The lowest BCUT2D eigenvalue weighted by Gasteiger charge is -2.18. The molecule has 2 nitrogen and oxygen atoms in total. The molecule has 0 aliphatic carbocycles. The summed E-state index contributed by atoms with van der Waals surface area (Å²) in [7, 11) is 0. The zero-order valence-electron chi connectivity index (χ0n) is 10.0. The van der Waals surface area contributed by atoms with E-state index in [-0.39, 0.29) is 5.38 Å². The van der Waals surface area contributed by atoms with Crippen molar-refractivity contribution in [1.29, 1.82) is 0 Å². The molecule has 0 radical (unpaired) electrons. The summed E-state index contributed by atoms with van der Waals surface area (Å²) in [5.41, 5.74) is 1.06. The number of benzene rings is 1. The van der Waals surface area contributed by atoms with E-state index in [9.17, 15) is 0 Å². The van der Waals surface area contributed by atoms with Gasteiger partial charge < -0.3 is 9.47 Å². The minimum atomic E-state index is -0.0264. The summed E-state index contributed by atoms with van der Waals surface area (Å²) in [5.74, 6) is 1.97. The van der Waals surface area contributed by atoms with Gasteiger partial charge in [-0.1, -0.05) is 29.8 Å². The van der Waals surface area contributed by atoms with Crippen LogP contribution in [0.15, 0.2) is 16.6 Å². The quantitative estimate of drug-likeness (QED) is 0.745. The van der Waals surface area contributed by atoms with Gasteiger partial charge >= 0.3 is 0 Å². The molecule has 0 saturated heterocycles. The largest absolute Gasteiger partial charge is 0.490 e. The summed E-state index contributed by atoms with van der Waals surface area (Å²) >= 11 is 9.95. The van der Waals surface area contributed by atoms with Crippen molar-refractivity contribution in [2.45, 2.75) is 25.6 Å². The van der Waals surface area contributed by atoms with E-state index in [0.717, 1.165) is 28.0 Å². The van der Waals surface area contributed by atoms with Crippen LogP contribution < -0.4 is 9.47 Å². The Hall–Kier alpha value is -0.410. The summed E-state index contributed by atoms with van der Waals surface area (Å²) < 4.78 is 12.3. The zero-order chi connectivity index (χ0) is 12.4. The van der Waals surface area contributed by atoms with Gasteiger partial charge in [0.05, 0.1) is 18.6 Å². The van der Waals surface area contributed by atoms with Crippen LogP contribution in [0.4, 0.5) is 0 Å². The van der Waals surface area contributed by atoms with Crippen LogP contribution in [0.5, 0.6) is 11.5 Å². The van der Waals surface area contributed by atoms with Crippen molar-refractivity contribution in [2.24, 2.45) is 5.92 Å². The predicted molar refractivity (Wildman–Crippen MR) is 73.2 cm³/mol. The molecular formula is C13H16BrClO2. The Morgan fingerprint density at radius 3 is 2.35 bits per heavy atom. The molecule has 0 saturated carbocycles. The monoisotopic (exact) mass is 318 g/mol. The summed E-state index contributed by atoms with van der Waals surface area (Å²) in [5, 5.41) is -0.0264. The molecule has 1 aromatic rings. The lowest BCUT2D eigenvalue weighted by atomic mass is 10.0. The molecule has 94 valence electrons. The van der Waals surface area contributed by atoms with Crippen molar-refractivity contribution in [3.63, 3.8) is 0 Å². The standard InChI is InChI=1S/C13H16BrClO2/c1-8(2)13(15)9-6-11-12(7-10(9)14)17-5-3-4-16-11/h6-8,13H,3-5H2,1-2H3. The Kier molecular flexibility index (Phi) is 4.21. The van der Waals surface area contributed by atoms with Gasteiger partial charge in [0.15, 0.2) is 11.5 Å². The van der Waals surface area contributed by atoms with E-state index < -0.39 is 0 Å². The minimum absolute atomic E-state index is 0.0264. The number of ether oxygens (including phenoxy) is 2. The van der Waals surface area contributed by atoms with Crippen molar-refractivity contribution < 1.29 is 9.47 Å². The first-order chi connectivity index (χ1) is 8.09. The highest BCUT2D eigenvalue weighted by Gasteiger charge is 2.20. The third-order valence-corrected chi connectivity index (χ3v) is 4.18. The summed E-state index contributed by atoms with van der Waals surface area (Å²) in [6.07, 6.45) is 0.913. The first-order valence-electron chi connectivity index (χ1n) is 5.82. The minimum Gasteiger partial charge on any atom is -0.490 e. The number of fused-ring (bicyclic) bond motifs is 1. The molecule has 0 bridgehead atoms. The van der Waals surface area contributed by atoms with E-state index in [0.29, 0.717) is 19.1 Å². The Bertz CT molecular complexity index is 407. The van der Waals surface area contributed by atoms with E-state index in [1.165, 1.54) is 0 Å². The lowest BCUT2D eigenvalue weighted by molar-refractivity contribution is 0.297. The molecular weight excluding hydrogens is 303 g/mol. The Labute approximate surface area is 115 Å². The number of hydrogen-bond acceptors (Lipinski definition) is 2. The highest BCUT2D eigenvalue weighted by Crippen LogP contribution is 2.41. The second-order valence-electron chi connectivity index (χ2n) is 4.52. The second-order valence-corrected chi connectivity index (χ2v) is 5.84. The van der Waals surface area contributed by atoms with Gasteiger partial charge in [0, 0.05) is 10.9 Å². The average Bonchev–Trinajstić information content (AvgIpc) is 2.51. The Morgan fingerprint density at radius 2 is 1.76 bits per heavy atom. The Balaban J connectivity index is 2.38. The van der Waals surface area contributed by atoms with Crippen molar-refractivity contribution in [3.05, 3.63) is 22.2 Å². The van der Waals surface area contributed by atoms with Crippen LogP contribution in [0.1, 0.15) is 31.2 Å². The normalized spacial score (nSPS) is 16.8. The molecule has 1 heterocycles. The van der Waals surface area contributed by atoms with E-state index >= 15 is 0 Å². The SMILES string of the molecule is CC(C)C(Cl)c1cc2c(cc1Br)OCCCO2. The topological polar surface area (TPSA) is 18.5 Å². The predicted octanol–water partition coefficient (Wildman–Crippen LogP) is 4.55. The molecule has 1 aliphatic heterocycles. The first-order valence-corrected chi connectivity index (χ1v) is 7.05. The third kappa shape index (κ3) is 2.89. The van der Waals surface area contributed by atoms with Crippen LogP contribution in [-0.4, -0.2) is 13.2 Å². The summed E-state index contributed by atoms with van der Waals surface area (Å²) in [4.78, 5) is 0. The molecule has 0 N–H and O–H groups in total. The van der Waals surface area contributed by atoms with Gasteiger partial charge in [-0.2, -0.15) is 0 Å². The fraction of sp³-hybridized carbons (Fsp3) is 0.538. The van der Waals surface area contributed by atoms with Gasteiger partial charge in [-0.05, 0) is 23.6 Å². The number of rotatable bonds is 2. The fourth-order valence-corrected chi connectivity index (χ4v) is 2.65. The molecule has 2 rings (SSSR count). The van der Waals surface area contributed by atoms with Gasteiger partial charge in [-0.3, -0.25) is 0 Å². The maximum absolute atomic E-state index is 6.40. The molecule has 1 unspecified atom stereocenters. The van der Waals surface area contributed by atoms with E-state index in [1.807, 2.05) is 12.1 Å². The van der Waals surface area contributed by atoms with Crippen LogP contribution in [-0.2, 0) is 0 Å². The molecule has 0 amide bonds. The Morgan fingerprint density at radius 1 is 1.18 bits per heavy atom. The number of halogens is 2. The van der Waals surface area contributed by atoms with Gasteiger partial charge in [0.2, 0.25) is 0 Å². The zero-order valence-corrected chi connectivity index (χ0v) is 12.3. The van der Waals surface area contributed by atoms with Crippen LogP contribution in [0, 0.1) is 5.92 Å². The van der Waals surface area contributed by atoms with Crippen molar-refractivity contribution in [1.82, 2.24) is 0 Å².